The van der Waals surface area contributed by atoms with Gasteiger partial charge in [0, 0.05) is 31.2 Å². The molecule has 6 nitrogen and oxygen atoms in total. The van der Waals surface area contributed by atoms with Gasteiger partial charge in [0.25, 0.3) is 0 Å². The van der Waals surface area contributed by atoms with Crippen molar-refractivity contribution in [2.45, 2.75) is 6.61 Å². The average molecular weight is 362 g/mol. The van der Waals surface area contributed by atoms with Crippen molar-refractivity contribution in [1.29, 1.82) is 0 Å². The fourth-order valence-corrected chi connectivity index (χ4v) is 2.72. The monoisotopic (exact) mass is 362 g/mol. The molecule has 0 radical (unpaired) electrons. The lowest BCUT2D eigenvalue weighted by Crippen LogP contribution is -2.09. The summed E-state index contributed by atoms with van der Waals surface area (Å²) >= 11 is 0. The molecular weight excluding hydrogens is 344 g/mol. The summed E-state index contributed by atoms with van der Waals surface area (Å²) in [7, 11) is 3.88. The Morgan fingerprint density at radius 3 is 2.56 bits per heavy atom. The predicted octanol–water partition coefficient (Wildman–Crippen LogP) is 4.51. The lowest BCUT2D eigenvalue weighted by Gasteiger charge is -2.12. The number of rotatable bonds is 5. The molecule has 2 heterocycles. The maximum absolute atomic E-state index is 12.2. The highest BCUT2D eigenvalue weighted by Crippen LogP contribution is 2.28. The maximum atomic E-state index is 12.2. The summed E-state index contributed by atoms with van der Waals surface area (Å²) in [5.41, 5.74) is 2.79. The highest BCUT2D eigenvalue weighted by atomic mass is 16.5. The van der Waals surface area contributed by atoms with Crippen molar-refractivity contribution in [2.75, 3.05) is 19.0 Å². The Morgan fingerprint density at radius 1 is 1.04 bits per heavy atom. The first-order valence-electron chi connectivity index (χ1n) is 8.49. The number of aromatic nitrogens is 1. The fourth-order valence-electron chi connectivity index (χ4n) is 2.72. The number of furan rings is 1. The minimum Gasteiger partial charge on any atom is -0.455 e. The molecule has 4 rings (SSSR count). The molecule has 0 saturated heterocycles. The molecule has 0 fully saturated rings. The van der Waals surface area contributed by atoms with E-state index in [1.807, 2.05) is 61.5 Å². The van der Waals surface area contributed by atoms with Crippen LogP contribution in [-0.4, -0.2) is 25.2 Å². The molecule has 0 saturated carbocycles. The van der Waals surface area contributed by atoms with Gasteiger partial charge in [-0.1, -0.05) is 23.4 Å². The number of esters is 1. The Balaban J connectivity index is 1.42. The van der Waals surface area contributed by atoms with Gasteiger partial charge in [-0.05, 0) is 36.4 Å². The molecule has 0 bridgehead atoms. The third-order valence-electron chi connectivity index (χ3n) is 4.20. The molecule has 0 amide bonds. The zero-order valence-electron chi connectivity index (χ0n) is 15.0. The van der Waals surface area contributed by atoms with Crippen LogP contribution < -0.4 is 4.90 Å². The highest BCUT2D eigenvalue weighted by Gasteiger charge is 2.14. The minimum atomic E-state index is -0.409. The van der Waals surface area contributed by atoms with Gasteiger partial charge < -0.3 is 18.6 Å². The molecule has 6 heteroatoms. The van der Waals surface area contributed by atoms with Crippen molar-refractivity contribution >= 4 is 22.6 Å². The van der Waals surface area contributed by atoms with E-state index in [2.05, 4.69) is 5.16 Å². The zero-order chi connectivity index (χ0) is 18.8. The SMILES string of the molecule is CN(C)c1ccc(C(=O)OCc2cc(-c3cc4ccccc4o3)on2)cc1. The molecule has 136 valence electrons. The van der Waals surface area contributed by atoms with Crippen LogP contribution in [0.25, 0.3) is 22.5 Å². The van der Waals surface area contributed by atoms with Gasteiger partial charge in [-0.15, -0.1) is 0 Å². The predicted molar refractivity (Wildman–Crippen MR) is 102 cm³/mol. The van der Waals surface area contributed by atoms with Crippen molar-refractivity contribution in [3.8, 4) is 11.5 Å². The molecule has 0 aliphatic carbocycles. The quantitative estimate of drug-likeness (QED) is 0.487. The van der Waals surface area contributed by atoms with Crippen LogP contribution >= 0.6 is 0 Å². The number of fused-ring (bicyclic) bond motifs is 1. The summed E-state index contributed by atoms with van der Waals surface area (Å²) in [4.78, 5) is 14.1. The normalized spacial score (nSPS) is 10.9. The molecule has 27 heavy (non-hydrogen) atoms. The van der Waals surface area contributed by atoms with E-state index < -0.39 is 5.97 Å². The van der Waals surface area contributed by atoms with E-state index in [1.165, 1.54) is 0 Å². The Labute approximate surface area is 155 Å². The summed E-state index contributed by atoms with van der Waals surface area (Å²) in [6, 6.07) is 18.5. The summed E-state index contributed by atoms with van der Waals surface area (Å²) < 4.78 is 16.4. The molecule has 4 aromatic rings. The number of benzene rings is 2. The van der Waals surface area contributed by atoms with Crippen LogP contribution in [0.4, 0.5) is 5.69 Å². The van der Waals surface area contributed by atoms with Gasteiger partial charge in [-0.2, -0.15) is 0 Å². The van der Waals surface area contributed by atoms with Crippen molar-refractivity contribution in [2.24, 2.45) is 0 Å². The van der Waals surface area contributed by atoms with E-state index in [1.54, 1.807) is 18.2 Å². The third-order valence-corrected chi connectivity index (χ3v) is 4.20. The minimum absolute atomic E-state index is 0.0258. The molecule has 2 aromatic heterocycles. The van der Waals surface area contributed by atoms with Gasteiger partial charge in [0.1, 0.15) is 17.9 Å². The van der Waals surface area contributed by atoms with E-state index in [0.717, 1.165) is 16.7 Å². The highest BCUT2D eigenvalue weighted by molar-refractivity contribution is 5.89. The van der Waals surface area contributed by atoms with Crippen LogP contribution in [-0.2, 0) is 11.3 Å². The number of anilines is 1. The molecule has 0 aliphatic heterocycles. The topological polar surface area (TPSA) is 68.7 Å². The number of carbonyl (C=O) groups excluding carboxylic acids is 1. The van der Waals surface area contributed by atoms with Crippen LogP contribution in [0.2, 0.25) is 0 Å². The number of ether oxygens (including phenoxy) is 1. The van der Waals surface area contributed by atoms with E-state index in [-0.39, 0.29) is 6.61 Å². The molecular formula is C21H18N2O4. The second-order valence-electron chi connectivity index (χ2n) is 6.35. The van der Waals surface area contributed by atoms with Gasteiger partial charge in [-0.25, -0.2) is 4.79 Å². The summed E-state index contributed by atoms with van der Waals surface area (Å²) in [5, 5.41) is 4.93. The number of nitrogens with zero attached hydrogens (tertiary/aromatic N) is 2. The van der Waals surface area contributed by atoms with Gasteiger partial charge in [0.15, 0.2) is 5.76 Å². The summed E-state index contributed by atoms with van der Waals surface area (Å²) in [5.74, 6) is 0.668. The molecule has 0 N–H and O–H groups in total. The van der Waals surface area contributed by atoms with Crippen LogP contribution in [0.15, 0.2) is 69.6 Å². The molecule has 0 atom stereocenters. The largest absolute Gasteiger partial charge is 0.455 e. The molecule has 0 unspecified atom stereocenters. The smallest absolute Gasteiger partial charge is 0.338 e. The van der Waals surface area contributed by atoms with Gasteiger partial charge in [0.05, 0.1) is 5.56 Å². The van der Waals surface area contributed by atoms with Crippen LogP contribution in [0.5, 0.6) is 0 Å². The maximum Gasteiger partial charge on any atom is 0.338 e. The molecule has 0 spiro atoms. The van der Waals surface area contributed by atoms with Crippen LogP contribution in [0, 0.1) is 0 Å². The number of hydrogen-bond donors (Lipinski definition) is 0. The summed E-state index contributed by atoms with van der Waals surface area (Å²) in [6.07, 6.45) is 0. The number of hydrogen-bond acceptors (Lipinski definition) is 6. The lowest BCUT2D eigenvalue weighted by molar-refractivity contribution is 0.0464. The fraction of sp³-hybridized carbons (Fsp3) is 0.143. The number of carbonyl (C=O) groups is 1. The van der Waals surface area contributed by atoms with Crippen LogP contribution in [0.1, 0.15) is 16.1 Å². The third kappa shape index (κ3) is 3.55. The van der Waals surface area contributed by atoms with E-state index in [4.69, 9.17) is 13.7 Å². The van der Waals surface area contributed by atoms with Crippen LogP contribution in [0.3, 0.4) is 0 Å². The van der Waals surface area contributed by atoms with Crippen molar-refractivity contribution in [3.05, 3.63) is 71.9 Å². The van der Waals surface area contributed by atoms with Crippen molar-refractivity contribution in [1.82, 2.24) is 5.16 Å². The van der Waals surface area contributed by atoms with E-state index in [9.17, 15) is 4.79 Å². The second kappa shape index (κ2) is 6.99. The van der Waals surface area contributed by atoms with Crippen molar-refractivity contribution in [3.63, 3.8) is 0 Å². The Kier molecular flexibility index (Phi) is 4.38. The van der Waals surface area contributed by atoms with Gasteiger partial charge in [-0.3, -0.25) is 0 Å². The van der Waals surface area contributed by atoms with Crippen molar-refractivity contribution < 1.29 is 18.5 Å². The van der Waals surface area contributed by atoms with E-state index in [0.29, 0.717) is 22.8 Å². The summed E-state index contributed by atoms with van der Waals surface area (Å²) in [6.45, 7) is 0.0258. The first-order chi connectivity index (χ1) is 13.1. The molecule has 0 aliphatic rings. The first kappa shape index (κ1) is 16.9. The average Bonchev–Trinajstić information content (AvgIpc) is 3.32. The Hall–Kier alpha value is -3.54. The second-order valence-corrected chi connectivity index (χ2v) is 6.35. The standard InChI is InChI=1S/C21H18N2O4/c1-23(2)17-9-7-14(8-10-17)21(24)25-13-16-12-20(27-22-16)19-11-15-5-3-4-6-18(15)26-19/h3-12H,13H2,1-2H3. The Morgan fingerprint density at radius 2 is 1.81 bits per heavy atom. The number of para-hydroxylation sites is 1. The van der Waals surface area contributed by atoms with Gasteiger partial charge in [0.2, 0.25) is 5.76 Å². The Bertz CT molecular complexity index is 1040. The molecule has 2 aromatic carbocycles. The van der Waals surface area contributed by atoms with Gasteiger partial charge >= 0.3 is 5.97 Å². The zero-order valence-corrected chi connectivity index (χ0v) is 15.0. The first-order valence-corrected chi connectivity index (χ1v) is 8.49. The van der Waals surface area contributed by atoms with E-state index >= 15 is 0 Å². The lowest BCUT2D eigenvalue weighted by atomic mass is 10.2.